The van der Waals surface area contributed by atoms with Crippen LogP contribution in [0.4, 0.5) is 0 Å². The van der Waals surface area contributed by atoms with Crippen LogP contribution < -0.4 is 5.32 Å². The Morgan fingerprint density at radius 1 is 0.559 bits per heavy atom. The summed E-state index contributed by atoms with van der Waals surface area (Å²) in [5.41, 5.74) is 0. The molecule has 1 fully saturated rings. The van der Waals surface area contributed by atoms with Gasteiger partial charge >= 0.3 is 5.97 Å². The van der Waals surface area contributed by atoms with Crippen LogP contribution in [0.3, 0.4) is 0 Å². The molecular weight excluding hydrogens is 859 g/mol. The van der Waals surface area contributed by atoms with Crippen molar-refractivity contribution in [3.8, 4) is 0 Å². The zero-order chi connectivity index (χ0) is 49.7. The fourth-order valence-corrected chi connectivity index (χ4v) is 9.30. The third-order valence-electron chi connectivity index (χ3n) is 13.9. The molecular formula is C57H109NO10. The van der Waals surface area contributed by atoms with E-state index in [9.17, 15) is 35.1 Å². The van der Waals surface area contributed by atoms with E-state index < -0.39 is 67.4 Å². The van der Waals surface area contributed by atoms with Crippen molar-refractivity contribution in [3.05, 3.63) is 12.2 Å². The van der Waals surface area contributed by atoms with Crippen LogP contribution >= 0.6 is 0 Å². The number of esters is 1. The standard InChI is InChI=1S/C57H109NO10/c1-4-7-10-13-16-19-22-24-25-27-30-33-36-39-42-45-52(62)68-55-54(64)53(63)51(46-59)67-57(55)66-47-48(49(60)43-40-37-34-31-28-21-18-15-12-9-6-3)58-56(65)50(61)44-41-38-35-32-29-26-23-20-17-14-11-8-5-2/h40,43,48-51,53-55,57,59-61,63-64H,4-39,41-42,44-47H2,1-3H3,(H,58,65)/b43-40+. The molecule has 0 radical (unpaired) electrons. The number of aliphatic hydroxyl groups is 5. The maximum Gasteiger partial charge on any atom is 0.306 e. The smallest absolute Gasteiger partial charge is 0.306 e. The highest BCUT2D eigenvalue weighted by atomic mass is 16.7. The first kappa shape index (κ1) is 64.4. The van der Waals surface area contributed by atoms with E-state index in [1.54, 1.807) is 6.08 Å². The predicted octanol–water partition coefficient (Wildman–Crippen LogP) is 12.8. The normalized spacial score (nSPS) is 19.9. The van der Waals surface area contributed by atoms with Gasteiger partial charge in [0.1, 0.15) is 24.4 Å². The van der Waals surface area contributed by atoms with E-state index in [1.165, 1.54) is 173 Å². The van der Waals surface area contributed by atoms with Gasteiger partial charge in [0.15, 0.2) is 12.4 Å². The highest BCUT2D eigenvalue weighted by Gasteiger charge is 2.47. The second-order valence-electron chi connectivity index (χ2n) is 20.4. The highest BCUT2D eigenvalue weighted by Crippen LogP contribution is 2.26. The van der Waals surface area contributed by atoms with Crippen molar-refractivity contribution < 1.29 is 49.3 Å². The summed E-state index contributed by atoms with van der Waals surface area (Å²) in [5.74, 6) is -1.18. The summed E-state index contributed by atoms with van der Waals surface area (Å²) in [5, 5.41) is 56.7. The molecule has 0 saturated carbocycles. The van der Waals surface area contributed by atoms with Gasteiger partial charge in [0.25, 0.3) is 0 Å². The summed E-state index contributed by atoms with van der Waals surface area (Å²) in [4.78, 5) is 26.4. The molecule has 0 aromatic rings. The molecule has 0 aromatic carbocycles. The van der Waals surface area contributed by atoms with Crippen LogP contribution in [0.1, 0.15) is 278 Å². The quantitative estimate of drug-likeness (QED) is 0.0196. The summed E-state index contributed by atoms with van der Waals surface area (Å²) >= 11 is 0. The number of nitrogens with one attached hydrogen (secondary N) is 1. The zero-order valence-corrected chi connectivity index (χ0v) is 44.2. The SMILES string of the molecule is CCCCCCCCCCC/C=C/C(O)C(COC1OC(CO)C(O)C(O)C1OC(=O)CCCCCCCCCCCCCCCCC)NC(=O)C(O)CCCCCCCCCCCCCCC. The van der Waals surface area contributed by atoms with E-state index in [-0.39, 0.29) is 13.0 Å². The van der Waals surface area contributed by atoms with E-state index >= 15 is 0 Å². The van der Waals surface area contributed by atoms with Gasteiger partial charge in [-0.2, -0.15) is 0 Å². The van der Waals surface area contributed by atoms with Crippen LogP contribution in [0, 0.1) is 0 Å². The Labute approximate surface area is 417 Å². The van der Waals surface area contributed by atoms with E-state index in [0.29, 0.717) is 19.3 Å². The molecule has 1 amide bonds. The molecule has 6 N–H and O–H groups in total. The Morgan fingerprint density at radius 3 is 1.38 bits per heavy atom. The number of rotatable bonds is 49. The number of hydrogen-bond acceptors (Lipinski definition) is 10. The van der Waals surface area contributed by atoms with Crippen molar-refractivity contribution in [3.63, 3.8) is 0 Å². The summed E-state index contributed by atoms with van der Waals surface area (Å²) in [7, 11) is 0. The van der Waals surface area contributed by atoms with E-state index in [1.807, 2.05) is 6.08 Å². The molecule has 11 nitrogen and oxygen atoms in total. The Kier molecular flexibility index (Phi) is 44.0. The number of carbonyl (C=O) groups is 2. The van der Waals surface area contributed by atoms with Crippen molar-refractivity contribution >= 4 is 11.9 Å². The Hall–Kier alpha value is -1.60. The maximum absolute atomic E-state index is 13.3. The van der Waals surface area contributed by atoms with Crippen molar-refractivity contribution in [1.82, 2.24) is 5.32 Å². The molecule has 0 aliphatic carbocycles. The summed E-state index contributed by atoms with van der Waals surface area (Å²) in [6, 6.07) is -1.01. The lowest BCUT2D eigenvalue weighted by atomic mass is 9.99. The summed E-state index contributed by atoms with van der Waals surface area (Å²) < 4.78 is 17.6. The second kappa shape index (κ2) is 46.5. The van der Waals surface area contributed by atoms with Gasteiger partial charge in [0, 0.05) is 6.42 Å². The lowest BCUT2D eigenvalue weighted by molar-refractivity contribution is -0.305. The molecule has 68 heavy (non-hydrogen) atoms. The molecule has 1 aliphatic heterocycles. The van der Waals surface area contributed by atoms with Crippen molar-refractivity contribution in [2.45, 2.75) is 327 Å². The maximum atomic E-state index is 13.3. The van der Waals surface area contributed by atoms with Gasteiger partial charge < -0.3 is 45.1 Å². The number of carbonyl (C=O) groups excluding carboxylic acids is 2. The van der Waals surface area contributed by atoms with Crippen LogP contribution in [0.2, 0.25) is 0 Å². The predicted molar refractivity (Wildman–Crippen MR) is 278 cm³/mol. The number of amides is 1. The highest BCUT2D eigenvalue weighted by molar-refractivity contribution is 5.80. The van der Waals surface area contributed by atoms with Crippen LogP contribution in [0.5, 0.6) is 0 Å². The molecule has 0 bridgehead atoms. The van der Waals surface area contributed by atoms with Gasteiger partial charge in [-0.3, -0.25) is 9.59 Å². The average Bonchev–Trinajstić information content (AvgIpc) is 3.33. The van der Waals surface area contributed by atoms with Gasteiger partial charge in [-0.15, -0.1) is 0 Å². The molecule has 402 valence electrons. The lowest BCUT2D eigenvalue weighted by Crippen LogP contribution is -2.61. The molecule has 8 atom stereocenters. The van der Waals surface area contributed by atoms with Crippen LogP contribution in [-0.4, -0.2) is 99.6 Å². The lowest BCUT2D eigenvalue weighted by Gasteiger charge is -2.41. The average molecular weight is 968 g/mol. The Balaban J connectivity index is 2.71. The minimum Gasteiger partial charge on any atom is -0.454 e. The Bertz CT molecular complexity index is 1160. The molecule has 1 heterocycles. The number of aliphatic hydroxyl groups excluding tert-OH is 5. The number of unbranched alkanes of at least 4 members (excludes halogenated alkanes) is 35. The van der Waals surface area contributed by atoms with E-state index in [2.05, 4.69) is 26.1 Å². The van der Waals surface area contributed by atoms with Gasteiger partial charge in [-0.25, -0.2) is 0 Å². The van der Waals surface area contributed by atoms with Crippen LogP contribution in [-0.2, 0) is 23.8 Å². The first-order valence-electron chi connectivity index (χ1n) is 29.0. The summed E-state index contributed by atoms with van der Waals surface area (Å²) in [6.45, 7) is 5.79. The van der Waals surface area contributed by atoms with Gasteiger partial charge in [-0.05, 0) is 25.7 Å². The largest absolute Gasteiger partial charge is 0.454 e. The molecule has 8 unspecified atom stereocenters. The molecule has 0 spiro atoms. The van der Waals surface area contributed by atoms with Gasteiger partial charge in [0.05, 0.1) is 25.4 Å². The molecule has 11 heteroatoms. The fraction of sp³-hybridized carbons (Fsp3) is 0.930. The minimum atomic E-state index is -1.60. The minimum absolute atomic E-state index is 0.131. The number of hydrogen-bond donors (Lipinski definition) is 6. The monoisotopic (exact) mass is 968 g/mol. The number of allylic oxidation sites excluding steroid dienone is 1. The number of ether oxygens (including phenoxy) is 3. The van der Waals surface area contributed by atoms with Gasteiger partial charge in [0.2, 0.25) is 5.91 Å². The van der Waals surface area contributed by atoms with Crippen molar-refractivity contribution in [2.75, 3.05) is 13.2 Å². The van der Waals surface area contributed by atoms with Crippen molar-refractivity contribution in [2.24, 2.45) is 0 Å². The first-order valence-corrected chi connectivity index (χ1v) is 29.0. The summed E-state index contributed by atoms with van der Waals surface area (Å²) in [6.07, 6.45) is 39.7. The zero-order valence-electron chi connectivity index (χ0n) is 44.2. The molecule has 0 aromatic heterocycles. The first-order chi connectivity index (χ1) is 33.2. The Morgan fingerprint density at radius 2 is 0.956 bits per heavy atom. The molecule has 1 aliphatic rings. The fourth-order valence-electron chi connectivity index (χ4n) is 9.30. The molecule has 1 rings (SSSR count). The van der Waals surface area contributed by atoms with Crippen LogP contribution in [0.25, 0.3) is 0 Å². The molecule has 1 saturated heterocycles. The van der Waals surface area contributed by atoms with Gasteiger partial charge in [-0.1, -0.05) is 258 Å². The third kappa shape index (κ3) is 34.7. The van der Waals surface area contributed by atoms with E-state index in [0.717, 1.165) is 57.8 Å². The third-order valence-corrected chi connectivity index (χ3v) is 13.9. The van der Waals surface area contributed by atoms with E-state index in [4.69, 9.17) is 14.2 Å². The van der Waals surface area contributed by atoms with Crippen LogP contribution in [0.15, 0.2) is 12.2 Å². The topological polar surface area (TPSA) is 175 Å². The second-order valence-corrected chi connectivity index (χ2v) is 20.4. The van der Waals surface area contributed by atoms with Crippen molar-refractivity contribution in [1.29, 1.82) is 0 Å².